The van der Waals surface area contributed by atoms with E-state index in [1.165, 1.54) is 12.7 Å². The van der Waals surface area contributed by atoms with Gasteiger partial charge in [-0.05, 0) is 44.2 Å². The molecule has 0 aromatic carbocycles. The molecule has 0 aliphatic carbocycles. The van der Waals surface area contributed by atoms with Gasteiger partial charge in [-0.2, -0.15) is 0 Å². The molecule has 0 spiro atoms. The molecule has 6 heteroatoms. The van der Waals surface area contributed by atoms with Crippen molar-refractivity contribution in [1.82, 2.24) is 19.9 Å². The molecule has 1 fully saturated rings. The molecule has 3 rings (SSSR count). The molecular weight excluding hydrogens is 314 g/mol. The lowest BCUT2D eigenvalue weighted by Crippen LogP contribution is -2.44. The summed E-state index contributed by atoms with van der Waals surface area (Å²) in [6.45, 7) is 0.809. The minimum atomic E-state index is 0.0419. The normalized spacial score (nSPS) is 17.4. The molecule has 0 unspecified atom stereocenters. The fraction of sp³-hybridized carbons (Fsp3) is 0.474. The highest BCUT2D eigenvalue weighted by Gasteiger charge is 2.27. The van der Waals surface area contributed by atoms with Gasteiger partial charge in [0, 0.05) is 44.8 Å². The van der Waals surface area contributed by atoms with Crippen molar-refractivity contribution in [3.63, 3.8) is 0 Å². The molecular formula is C19H25N5O. The van der Waals surface area contributed by atoms with Crippen LogP contribution in [0.4, 0.5) is 5.82 Å². The van der Waals surface area contributed by atoms with E-state index in [0.29, 0.717) is 5.56 Å². The number of aromatic nitrogens is 3. The predicted octanol–water partition coefficient (Wildman–Crippen LogP) is 2.57. The van der Waals surface area contributed by atoms with Crippen LogP contribution in [-0.4, -0.2) is 52.4 Å². The smallest absolute Gasteiger partial charge is 0.257 e. The zero-order chi connectivity index (χ0) is 17.6. The lowest BCUT2D eigenvalue weighted by atomic mass is 9.96. The third kappa shape index (κ3) is 4.32. The van der Waals surface area contributed by atoms with Crippen molar-refractivity contribution < 1.29 is 4.79 Å². The zero-order valence-corrected chi connectivity index (χ0v) is 14.9. The Bertz CT molecular complexity index is 704. The van der Waals surface area contributed by atoms with Crippen molar-refractivity contribution in [2.24, 2.45) is 0 Å². The molecule has 1 amide bonds. The summed E-state index contributed by atoms with van der Waals surface area (Å²) in [5.74, 6) is 1.01. The third-order valence-electron chi connectivity index (χ3n) is 4.68. The number of anilines is 1. The predicted molar refractivity (Wildman–Crippen MR) is 97.6 cm³/mol. The van der Waals surface area contributed by atoms with Crippen molar-refractivity contribution in [3.8, 4) is 0 Å². The molecule has 1 aliphatic heterocycles. The summed E-state index contributed by atoms with van der Waals surface area (Å²) in [4.78, 5) is 29.4. The number of hydrogen-bond acceptors (Lipinski definition) is 5. The van der Waals surface area contributed by atoms with E-state index in [-0.39, 0.29) is 11.9 Å². The Labute approximate surface area is 148 Å². The maximum absolute atomic E-state index is 12.8. The molecule has 2 aromatic heterocycles. The lowest BCUT2D eigenvalue weighted by molar-refractivity contribution is 0.0600. The van der Waals surface area contributed by atoms with Gasteiger partial charge in [-0.15, -0.1) is 0 Å². The average molecular weight is 339 g/mol. The van der Waals surface area contributed by atoms with E-state index in [0.717, 1.165) is 43.7 Å². The fourth-order valence-electron chi connectivity index (χ4n) is 3.31. The second-order valence-corrected chi connectivity index (χ2v) is 6.70. The van der Waals surface area contributed by atoms with E-state index in [1.807, 2.05) is 36.0 Å². The van der Waals surface area contributed by atoms with Gasteiger partial charge in [-0.25, -0.2) is 15.0 Å². The summed E-state index contributed by atoms with van der Waals surface area (Å²) in [6.07, 6.45) is 9.74. The van der Waals surface area contributed by atoms with Gasteiger partial charge in [0.25, 0.3) is 5.91 Å². The van der Waals surface area contributed by atoms with Crippen LogP contribution in [0.5, 0.6) is 0 Å². The Hall–Kier alpha value is -2.50. The van der Waals surface area contributed by atoms with Crippen LogP contribution in [0.2, 0.25) is 0 Å². The monoisotopic (exact) mass is 339 g/mol. The Morgan fingerprint density at radius 3 is 2.80 bits per heavy atom. The van der Waals surface area contributed by atoms with Crippen LogP contribution in [0.25, 0.3) is 0 Å². The minimum Gasteiger partial charge on any atom is -0.363 e. The third-order valence-corrected chi connectivity index (χ3v) is 4.68. The fourth-order valence-corrected chi connectivity index (χ4v) is 3.31. The molecule has 0 bridgehead atoms. The number of rotatable bonds is 5. The second kappa shape index (κ2) is 8.05. The topological polar surface area (TPSA) is 62.2 Å². The van der Waals surface area contributed by atoms with Gasteiger partial charge in [0.05, 0.1) is 5.56 Å². The van der Waals surface area contributed by atoms with Crippen LogP contribution in [0.3, 0.4) is 0 Å². The van der Waals surface area contributed by atoms with Crippen LogP contribution < -0.4 is 4.90 Å². The number of nitrogens with zero attached hydrogens (tertiary/aromatic N) is 5. The number of piperidine rings is 1. The van der Waals surface area contributed by atoms with E-state index < -0.39 is 0 Å². The van der Waals surface area contributed by atoms with Gasteiger partial charge in [-0.3, -0.25) is 4.79 Å². The van der Waals surface area contributed by atoms with Crippen molar-refractivity contribution in [2.45, 2.75) is 38.1 Å². The lowest BCUT2D eigenvalue weighted by Gasteiger charge is -2.36. The van der Waals surface area contributed by atoms with E-state index in [9.17, 15) is 4.79 Å². The summed E-state index contributed by atoms with van der Waals surface area (Å²) in [7, 11) is 3.99. The largest absolute Gasteiger partial charge is 0.363 e. The van der Waals surface area contributed by atoms with Crippen molar-refractivity contribution in [1.29, 1.82) is 0 Å². The minimum absolute atomic E-state index is 0.0419. The second-order valence-electron chi connectivity index (χ2n) is 6.70. The van der Waals surface area contributed by atoms with E-state index in [1.54, 1.807) is 12.4 Å². The van der Waals surface area contributed by atoms with Gasteiger partial charge < -0.3 is 9.80 Å². The highest BCUT2D eigenvalue weighted by molar-refractivity contribution is 5.93. The van der Waals surface area contributed by atoms with E-state index >= 15 is 0 Å². The number of amides is 1. The molecule has 1 atom stereocenters. The first-order chi connectivity index (χ1) is 12.1. The number of hydrogen-bond donors (Lipinski definition) is 0. The molecule has 2 aromatic rings. The SMILES string of the molecule is CN(C)c1cccc(CC[C@@H]2CCCCN2C(=O)c2cncnc2)n1. The first-order valence-corrected chi connectivity index (χ1v) is 8.84. The average Bonchev–Trinajstić information content (AvgIpc) is 2.67. The van der Waals surface area contributed by atoms with Crippen LogP contribution in [0.15, 0.2) is 36.9 Å². The highest BCUT2D eigenvalue weighted by Crippen LogP contribution is 2.23. The maximum atomic E-state index is 12.8. The Morgan fingerprint density at radius 1 is 1.24 bits per heavy atom. The molecule has 25 heavy (non-hydrogen) atoms. The summed E-state index contributed by atoms with van der Waals surface area (Å²) < 4.78 is 0. The quantitative estimate of drug-likeness (QED) is 0.838. The Kier molecular flexibility index (Phi) is 5.58. The van der Waals surface area contributed by atoms with E-state index in [4.69, 9.17) is 0 Å². The van der Waals surface area contributed by atoms with E-state index in [2.05, 4.69) is 21.0 Å². The van der Waals surface area contributed by atoms with Crippen LogP contribution in [-0.2, 0) is 6.42 Å². The number of likely N-dealkylation sites (tertiary alicyclic amines) is 1. The standard InChI is InChI=1S/C19H25N5O/c1-23(2)18-8-5-6-16(22-18)9-10-17-7-3-4-11-24(17)19(25)15-12-20-14-21-13-15/h5-6,8,12-14,17H,3-4,7,9-11H2,1-2H3/t17-/m0/s1. The number of aryl methyl sites for hydroxylation is 1. The Morgan fingerprint density at radius 2 is 2.04 bits per heavy atom. The summed E-state index contributed by atoms with van der Waals surface area (Å²) in [5, 5.41) is 0. The number of carbonyl (C=O) groups excluding carboxylic acids is 1. The highest BCUT2D eigenvalue weighted by atomic mass is 16.2. The number of pyridine rings is 1. The maximum Gasteiger partial charge on any atom is 0.257 e. The Balaban J connectivity index is 1.67. The summed E-state index contributed by atoms with van der Waals surface area (Å²) >= 11 is 0. The van der Waals surface area contributed by atoms with Gasteiger partial charge in [-0.1, -0.05) is 6.07 Å². The molecule has 0 N–H and O–H groups in total. The molecule has 1 saturated heterocycles. The molecule has 0 saturated carbocycles. The number of carbonyl (C=O) groups is 1. The first-order valence-electron chi connectivity index (χ1n) is 8.84. The van der Waals surface area contributed by atoms with Gasteiger partial charge in [0.15, 0.2) is 0 Å². The zero-order valence-electron chi connectivity index (χ0n) is 14.9. The van der Waals surface area contributed by atoms with Crippen LogP contribution in [0, 0.1) is 0 Å². The van der Waals surface area contributed by atoms with Crippen molar-refractivity contribution >= 4 is 11.7 Å². The summed E-state index contributed by atoms with van der Waals surface area (Å²) in [5.41, 5.74) is 1.65. The summed E-state index contributed by atoms with van der Waals surface area (Å²) in [6, 6.07) is 6.37. The molecule has 132 valence electrons. The van der Waals surface area contributed by atoms with Gasteiger partial charge in [0.2, 0.25) is 0 Å². The molecule has 1 aliphatic rings. The van der Waals surface area contributed by atoms with Gasteiger partial charge in [0.1, 0.15) is 12.1 Å². The van der Waals surface area contributed by atoms with Crippen molar-refractivity contribution in [2.75, 3.05) is 25.5 Å². The molecule has 3 heterocycles. The molecule has 0 radical (unpaired) electrons. The van der Waals surface area contributed by atoms with Crippen molar-refractivity contribution in [3.05, 3.63) is 48.2 Å². The van der Waals surface area contributed by atoms with Crippen LogP contribution >= 0.6 is 0 Å². The first kappa shape index (κ1) is 17.3. The molecule has 6 nitrogen and oxygen atoms in total. The van der Waals surface area contributed by atoms with Gasteiger partial charge >= 0.3 is 0 Å². The van der Waals surface area contributed by atoms with Crippen LogP contribution in [0.1, 0.15) is 41.7 Å².